The highest BCUT2D eigenvalue weighted by atomic mass is 15.1. The van der Waals surface area contributed by atoms with Crippen LogP contribution in [-0.2, 0) is 0 Å². The van der Waals surface area contributed by atoms with Crippen molar-refractivity contribution in [2.75, 3.05) is 13.6 Å². The summed E-state index contributed by atoms with van der Waals surface area (Å²) in [5, 5.41) is 0. The number of hydrogen-bond donors (Lipinski definition) is 0. The Kier molecular flexibility index (Phi) is 1.95. The van der Waals surface area contributed by atoms with Crippen molar-refractivity contribution in [3.05, 3.63) is 0 Å². The molecule has 0 atom stereocenters. The van der Waals surface area contributed by atoms with Gasteiger partial charge in [-0.2, -0.15) is 0 Å². The molecule has 0 aliphatic heterocycles. The van der Waals surface area contributed by atoms with Gasteiger partial charge >= 0.3 is 0 Å². The quantitative estimate of drug-likeness (QED) is 0.624. The molecule has 0 heterocycles. The predicted octanol–water partition coefficient (Wildman–Crippen LogP) is 2.52. The molecule has 0 bridgehead atoms. The second-order valence-corrected chi connectivity index (χ2v) is 5.40. The maximum Gasteiger partial charge on any atom is 0.0103 e. The van der Waals surface area contributed by atoms with E-state index in [2.05, 4.69) is 25.8 Å². The third-order valence-electron chi connectivity index (χ3n) is 3.57. The van der Waals surface area contributed by atoms with E-state index in [1.165, 1.54) is 32.2 Å². The fourth-order valence-electron chi connectivity index (χ4n) is 2.56. The second-order valence-electron chi connectivity index (χ2n) is 5.40. The Morgan fingerprint density at radius 3 is 2.33 bits per heavy atom. The normalized spacial score (nSPS) is 26.8. The van der Waals surface area contributed by atoms with Crippen LogP contribution in [-0.4, -0.2) is 24.5 Å². The Labute approximate surface area is 76.1 Å². The van der Waals surface area contributed by atoms with Gasteiger partial charge in [-0.1, -0.05) is 13.8 Å². The van der Waals surface area contributed by atoms with Crippen molar-refractivity contribution < 1.29 is 0 Å². The van der Waals surface area contributed by atoms with E-state index < -0.39 is 0 Å². The minimum atomic E-state index is 0.825. The van der Waals surface area contributed by atoms with Gasteiger partial charge in [-0.15, -0.1) is 0 Å². The largest absolute Gasteiger partial charge is 0.303 e. The van der Waals surface area contributed by atoms with Crippen LogP contribution in [0, 0.1) is 11.3 Å². The second kappa shape index (κ2) is 2.73. The molecule has 0 unspecified atom stereocenters. The average Bonchev–Trinajstić information content (AvgIpc) is 2.59. The smallest absolute Gasteiger partial charge is 0.0103 e. The fourth-order valence-corrected chi connectivity index (χ4v) is 2.56. The lowest BCUT2D eigenvalue weighted by Crippen LogP contribution is -2.44. The van der Waals surface area contributed by atoms with E-state index in [0.717, 1.165) is 17.4 Å². The SMILES string of the molecule is CC(C)CN(C)C1CC2(CC2)C1. The molecule has 2 aliphatic carbocycles. The number of rotatable bonds is 3. The third-order valence-corrected chi connectivity index (χ3v) is 3.57. The van der Waals surface area contributed by atoms with Gasteiger partial charge in [0.2, 0.25) is 0 Å². The van der Waals surface area contributed by atoms with Crippen LogP contribution in [0.1, 0.15) is 39.5 Å². The third kappa shape index (κ3) is 1.52. The summed E-state index contributed by atoms with van der Waals surface area (Å²) in [6.07, 6.45) is 6.05. The van der Waals surface area contributed by atoms with E-state index in [-0.39, 0.29) is 0 Å². The molecule has 70 valence electrons. The van der Waals surface area contributed by atoms with Gasteiger partial charge in [-0.05, 0) is 44.1 Å². The number of nitrogens with zero attached hydrogens (tertiary/aromatic N) is 1. The first-order chi connectivity index (χ1) is 5.61. The Morgan fingerprint density at radius 2 is 1.92 bits per heavy atom. The molecule has 1 nitrogen and oxygen atoms in total. The molecule has 0 amide bonds. The monoisotopic (exact) mass is 167 g/mol. The van der Waals surface area contributed by atoms with Gasteiger partial charge in [-0.3, -0.25) is 0 Å². The summed E-state index contributed by atoms with van der Waals surface area (Å²) < 4.78 is 0. The van der Waals surface area contributed by atoms with E-state index in [1.54, 1.807) is 0 Å². The first-order valence-corrected chi connectivity index (χ1v) is 5.32. The molecule has 0 N–H and O–H groups in total. The lowest BCUT2D eigenvalue weighted by molar-refractivity contribution is 0.0771. The maximum absolute atomic E-state index is 2.56. The predicted molar refractivity (Wildman–Crippen MR) is 52.2 cm³/mol. The van der Waals surface area contributed by atoms with Crippen LogP contribution in [0.15, 0.2) is 0 Å². The van der Waals surface area contributed by atoms with E-state index in [9.17, 15) is 0 Å². The molecular formula is C11H21N. The minimum Gasteiger partial charge on any atom is -0.303 e. The Hall–Kier alpha value is -0.0400. The topological polar surface area (TPSA) is 3.24 Å². The first-order valence-electron chi connectivity index (χ1n) is 5.32. The van der Waals surface area contributed by atoms with Gasteiger partial charge in [0, 0.05) is 12.6 Å². The summed E-state index contributed by atoms with van der Waals surface area (Å²) in [5.41, 5.74) is 0.871. The van der Waals surface area contributed by atoms with Crippen LogP contribution < -0.4 is 0 Å². The van der Waals surface area contributed by atoms with Crippen LogP contribution in [0.5, 0.6) is 0 Å². The molecule has 0 saturated heterocycles. The summed E-state index contributed by atoms with van der Waals surface area (Å²) in [7, 11) is 2.29. The Balaban J connectivity index is 1.72. The van der Waals surface area contributed by atoms with Crippen molar-refractivity contribution in [2.24, 2.45) is 11.3 Å². The fraction of sp³-hybridized carbons (Fsp3) is 1.00. The molecule has 0 radical (unpaired) electrons. The summed E-state index contributed by atoms with van der Waals surface area (Å²) in [5.74, 6) is 0.825. The Bertz CT molecular complexity index is 159. The molecule has 2 saturated carbocycles. The first kappa shape index (κ1) is 8.55. The van der Waals surface area contributed by atoms with Gasteiger partial charge in [-0.25, -0.2) is 0 Å². The zero-order valence-corrected chi connectivity index (χ0v) is 8.64. The van der Waals surface area contributed by atoms with Crippen molar-refractivity contribution in [3.8, 4) is 0 Å². The van der Waals surface area contributed by atoms with Crippen LogP contribution in [0.4, 0.5) is 0 Å². The van der Waals surface area contributed by atoms with Crippen molar-refractivity contribution in [2.45, 2.75) is 45.6 Å². The van der Waals surface area contributed by atoms with Crippen molar-refractivity contribution in [3.63, 3.8) is 0 Å². The minimum absolute atomic E-state index is 0.825. The van der Waals surface area contributed by atoms with Gasteiger partial charge in [0.1, 0.15) is 0 Å². The summed E-state index contributed by atoms with van der Waals surface area (Å²) in [4.78, 5) is 2.56. The average molecular weight is 167 g/mol. The molecule has 0 aromatic rings. The van der Waals surface area contributed by atoms with Crippen LogP contribution in [0.3, 0.4) is 0 Å². The van der Waals surface area contributed by atoms with Crippen LogP contribution >= 0.6 is 0 Å². The van der Waals surface area contributed by atoms with E-state index >= 15 is 0 Å². The summed E-state index contributed by atoms with van der Waals surface area (Å²) in [6, 6.07) is 0.926. The van der Waals surface area contributed by atoms with Gasteiger partial charge < -0.3 is 4.90 Å². The zero-order chi connectivity index (χ0) is 8.77. The van der Waals surface area contributed by atoms with E-state index in [1.807, 2.05) is 0 Å². The van der Waals surface area contributed by atoms with Crippen LogP contribution in [0.2, 0.25) is 0 Å². The molecule has 0 aromatic heterocycles. The lowest BCUT2D eigenvalue weighted by Gasteiger charge is -2.42. The van der Waals surface area contributed by atoms with E-state index in [4.69, 9.17) is 0 Å². The molecule has 0 aromatic carbocycles. The van der Waals surface area contributed by atoms with Crippen molar-refractivity contribution in [1.29, 1.82) is 0 Å². The van der Waals surface area contributed by atoms with Crippen molar-refractivity contribution >= 4 is 0 Å². The zero-order valence-electron chi connectivity index (χ0n) is 8.64. The van der Waals surface area contributed by atoms with E-state index in [0.29, 0.717) is 0 Å². The lowest BCUT2D eigenvalue weighted by atomic mass is 9.76. The molecule has 12 heavy (non-hydrogen) atoms. The van der Waals surface area contributed by atoms with Crippen LogP contribution in [0.25, 0.3) is 0 Å². The molecule has 2 fully saturated rings. The highest BCUT2D eigenvalue weighted by molar-refractivity contribution is 5.06. The van der Waals surface area contributed by atoms with Crippen molar-refractivity contribution in [1.82, 2.24) is 4.90 Å². The maximum atomic E-state index is 2.56. The summed E-state index contributed by atoms with van der Waals surface area (Å²) in [6.45, 7) is 5.89. The molecule has 2 rings (SSSR count). The van der Waals surface area contributed by atoms with Gasteiger partial charge in [0.25, 0.3) is 0 Å². The Morgan fingerprint density at radius 1 is 1.33 bits per heavy atom. The molecule has 1 heteroatoms. The molecular weight excluding hydrogens is 146 g/mol. The molecule has 1 spiro atoms. The standard InChI is InChI=1S/C11H21N/c1-9(2)8-12(3)10-6-11(7-10)4-5-11/h9-10H,4-8H2,1-3H3. The number of hydrogen-bond acceptors (Lipinski definition) is 1. The summed E-state index contributed by atoms with van der Waals surface area (Å²) >= 11 is 0. The molecule has 2 aliphatic rings. The van der Waals surface area contributed by atoms with Gasteiger partial charge in [0.05, 0.1) is 0 Å². The highest BCUT2D eigenvalue weighted by Gasteiger charge is 2.53. The highest BCUT2D eigenvalue weighted by Crippen LogP contribution is 2.61. The van der Waals surface area contributed by atoms with Gasteiger partial charge in [0.15, 0.2) is 0 Å².